The highest BCUT2D eigenvalue weighted by atomic mass is 16.4. The molecule has 1 fully saturated rings. The minimum atomic E-state index is -1.14. The van der Waals surface area contributed by atoms with Gasteiger partial charge in [-0.05, 0) is 32.9 Å². The van der Waals surface area contributed by atoms with Gasteiger partial charge < -0.3 is 25.7 Å². The normalized spacial score (nSPS) is 18.8. The number of carboxylic acid groups (broad SMARTS) is 1. The van der Waals surface area contributed by atoms with Gasteiger partial charge in [0.25, 0.3) is 0 Å². The van der Waals surface area contributed by atoms with Crippen molar-refractivity contribution < 1.29 is 19.8 Å². The van der Waals surface area contributed by atoms with Crippen molar-refractivity contribution in [3.8, 4) is 0 Å². The minimum Gasteiger partial charge on any atom is -0.480 e. The first kappa shape index (κ1) is 15.7. The number of nitrogens with zero attached hydrogens (tertiary/aromatic N) is 1. The van der Waals surface area contributed by atoms with Crippen LogP contribution in [0, 0.1) is 0 Å². The largest absolute Gasteiger partial charge is 0.480 e. The van der Waals surface area contributed by atoms with E-state index < -0.39 is 18.0 Å². The van der Waals surface area contributed by atoms with E-state index in [-0.39, 0.29) is 19.1 Å². The van der Waals surface area contributed by atoms with Crippen LogP contribution in [0.15, 0.2) is 0 Å². The van der Waals surface area contributed by atoms with E-state index in [4.69, 9.17) is 10.2 Å². The first-order valence-electron chi connectivity index (χ1n) is 6.66. The fourth-order valence-electron chi connectivity index (χ4n) is 2.21. The zero-order valence-corrected chi connectivity index (χ0v) is 11.3. The Morgan fingerprint density at radius 1 is 1.26 bits per heavy atom. The Morgan fingerprint density at radius 2 is 1.89 bits per heavy atom. The molecule has 110 valence electrons. The molecule has 7 nitrogen and oxygen atoms in total. The minimum absolute atomic E-state index is 0.00323. The lowest BCUT2D eigenvalue weighted by molar-refractivity contribution is -0.139. The van der Waals surface area contributed by atoms with E-state index in [9.17, 15) is 9.59 Å². The Kier molecular flexibility index (Phi) is 6.58. The molecule has 0 bridgehead atoms. The number of hydrogen-bond donors (Lipinski definition) is 4. The Labute approximate surface area is 113 Å². The molecule has 1 unspecified atom stereocenters. The molecule has 0 aromatic rings. The van der Waals surface area contributed by atoms with E-state index in [1.54, 1.807) is 0 Å². The summed E-state index contributed by atoms with van der Waals surface area (Å²) in [5.41, 5.74) is 0. The molecule has 0 aromatic heterocycles. The van der Waals surface area contributed by atoms with Gasteiger partial charge in [0.1, 0.15) is 6.04 Å². The summed E-state index contributed by atoms with van der Waals surface area (Å²) >= 11 is 0. The number of rotatable bonds is 7. The maximum atomic E-state index is 11.6. The smallest absolute Gasteiger partial charge is 0.326 e. The molecule has 1 heterocycles. The van der Waals surface area contributed by atoms with Crippen LogP contribution in [0.3, 0.4) is 0 Å². The molecule has 1 rings (SSSR count). The van der Waals surface area contributed by atoms with Crippen LogP contribution in [0.2, 0.25) is 0 Å². The highest BCUT2D eigenvalue weighted by molar-refractivity contribution is 5.82. The number of aliphatic hydroxyl groups is 1. The quantitative estimate of drug-likeness (QED) is 0.506. The van der Waals surface area contributed by atoms with Gasteiger partial charge >= 0.3 is 12.0 Å². The maximum absolute atomic E-state index is 11.6. The highest BCUT2D eigenvalue weighted by Crippen LogP contribution is 2.07. The average molecular weight is 273 g/mol. The monoisotopic (exact) mass is 273 g/mol. The number of aliphatic hydroxyl groups excluding tert-OH is 1. The van der Waals surface area contributed by atoms with Crippen LogP contribution in [-0.4, -0.2) is 65.4 Å². The second-order valence-electron chi connectivity index (χ2n) is 4.93. The first-order valence-corrected chi connectivity index (χ1v) is 6.66. The molecule has 7 heteroatoms. The van der Waals surface area contributed by atoms with Crippen molar-refractivity contribution in [3.05, 3.63) is 0 Å². The third kappa shape index (κ3) is 5.89. The third-order valence-electron chi connectivity index (χ3n) is 3.13. The van der Waals surface area contributed by atoms with E-state index >= 15 is 0 Å². The lowest BCUT2D eigenvalue weighted by Gasteiger charge is -2.22. The van der Waals surface area contributed by atoms with Gasteiger partial charge in [-0.15, -0.1) is 0 Å². The van der Waals surface area contributed by atoms with Gasteiger partial charge in [0.15, 0.2) is 0 Å². The topological polar surface area (TPSA) is 102 Å². The number of hydrogen-bond acceptors (Lipinski definition) is 4. The number of carbonyl (C=O) groups excluding carboxylic acids is 1. The molecule has 1 aliphatic heterocycles. The van der Waals surface area contributed by atoms with E-state index in [1.165, 1.54) is 12.8 Å². The van der Waals surface area contributed by atoms with Gasteiger partial charge in [-0.1, -0.05) is 0 Å². The van der Waals surface area contributed by atoms with Gasteiger partial charge in [0.2, 0.25) is 0 Å². The Bertz CT molecular complexity index is 305. The van der Waals surface area contributed by atoms with Gasteiger partial charge in [0, 0.05) is 25.6 Å². The predicted octanol–water partition coefficient (Wildman–Crippen LogP) is -0.394. The second-order valence-corrected chi connectivity index (χ2v) is 4.93. The summed E-state index contributed by atoms with van der Waals surface area (Å²) in [6.07, 6.45) is 2.39. The fraction of sp³-hybridized carbons (Fsp3) is 0.833. The summed E-state index contributed by atoms with van der Waals surface area (Å²) in [7, 11) is 0. The van der Waals surface area contributed by atoms with Gasteiger partial charge in [-0.2, -0.15) is 0 Å². The number of urea groups is 1. The molecule has 19 heavy (non-hydrogen) atoms. The van der Waals surface area contributed by atoms with Crippen LogP contribution < -0.4 is 10.6 Å². The molecule has 1 aliphatic rings. The molecule has 0 aliphatic carbocycles. The van der Waals surface area contributed by atoms with E-state index in [0.717, 1.165) is 19.6 Å². The SMILES string of the molecule is CC(CN1CCCC1)NC(=O)N[C@@H](CCO)C(=O)O. The maximum Gasteiger partial charge on any atom is 0.326 e. The summed E-state index contributed by atoms with van der Waals surface area (Å²) in [4.78, 5) is 24.7. The summed E-state index contributed by atoms with van der Waals surface area (Å²) in [6.45, 7) is 4.48. The molecule has 0 radical (unpaired) electrons. The molecule has 2 atom stereocenters. The van der Waals surface area contributed by atoms with Crippen molar-refractivity contribution in [1.82, 2.24) is 15.5 Å². The van der Waals surface area contributed by atoms with Crippen LogP contribution in [0.4, 0.5) is 4.79 Å². The Hall–Kier alpha value is -1.34. The molecule has 0 spiro atoms. The lowest BCUT2D eigenvalue weighted by Crippen LogP contribution is -2.50. The highest BCUT2D eigenvalue weighted by Gasteiger charge is 2.21. The number of aliphatic carboxylic acids is 1. The van der Waals surface area contributed by atoms with Crippen molar-refractivity contribution in [2.24, 2.45) is 0 Å². The molecule has 0 saturated carbocycles. The summed E-state index contributed by atoms with van der Waals surface area (Å²) in [6, 6.07) is -1.60. The van der Waals surface area contributed by atoms with E-state index in [1.807, 2.05) is 6.92 Å². The standard InChI is InChI=1S/C12H23N3O4/c1-9(8-15-5-2-3-6-15)13-12(19)14-10(4-7-16)11(17)18/h9-10,16H,2-8H2,1H3,(H,17,18)(H2,13,14,19)/t9?,10-/m0/s1. The fourth-order valence-corrected chi connectivity index (χ4v) is 2.21. The number of likely N-dealkylation sites (tertiary alicyclic amines) is 1. The summed E-state index contributed by atoms with van der Waals surface area (Å²) in [5.74, 6) is -1.14. The number of amides is 2. The first-order chi connectivity index (χ1) is 9.02. The average Bonchev–Trinajstić information content (AvgIpc) is 2.80. The van der Waals surface area contributed by atoms with Crippen LogP contribution in [0.25, 0.3) is 0 Å². The summed E-state index contributed by atoms with van der Waals surface area (Å²) in [5, 5.41) is 22.6. The number of carbonyl (C=O) groups is 2. The second kappa shape index (κ2) is 7.96. The van der Waals surface area contributed by atoms with Crippen molar-refractivity contribution >= 4 is 12.0 Å². The Morgan fingerprint density at radius 3 is 2.42 bits per heavy atom. The molecule has 4 N–H and O–H groups in total. The van der Waals surface area contributed by atoms with Crippen LogP contribution >= 0.6 is 0 Å². The number of carboxylic acids is 1. The molecule has 2 amide bonds. The number of nitrogens with one attached hydrogen (secondary N) is 2. The van der Waals surface area contributed by atoms with Crippen molar-refractivity contribution in [2.45, 2.75) is 38.3 Å². The zero-order valence-electron chi connectivity index (χ0n) is 11.3. The third-order valence-corrected chi connectivity index (χ3v) is 3.13. The van der Waals surface area contributed by atoms with Gasteiger partial charge in [-0.25, -0.2) is 9.59 Å². The zero-order chi connectivity index (χ0) is 14.3. The summed E-state index contributed by atoms with van der Waals surface area (Å²) < 4.78 is 0. The van der Waals surface area contributed by atoms with Crippen molar-refractivity contribution in [1.29, 1.82) is 0 Å². The molecule has 0 aromatic carbocycles. The van der Waals surface area contributed by atoms with E-state index in [2.05, 4.69) is 15.5 Å². The van der Waals surface area contributed by atoms with Crippen molar-refractivity contribution in [3.63, 3.8) is 0 Å². The molecular weight excluding hydrogens is 250 g/mol. The lowest BCUT2D eigenvalue weighted by atomic mass is 10.2. The van der Waals surface area contributed by atoms with Crippen LogP contribution in [-0.2, 0) is 4.79 Å². The molecular formula is C12H23N3O4. The van der Waals surface area contributed by atoms with Gasteiger partial charge in [0.05, 0.1) is 0 Å². The molecule has 1 saturated heterocycles. The van der Waals surface area contributed by atoms with Crippen molar-refractivity contribution in [2.75, 3.05) is 26.2 Å². The van der Waals surface area contributed by atoms with Crippen LogP contribution in [0.1, 0.15) is 26.2 Å². The van der Waals surface area contributed by atoms with Gasteiger partial charge in [-0.3, -0.25) is 0 Å². The predicted molar refractivity (Wildman–Crippen MR) is 69.9 cm³/mol. The Balaban J connectivity index is 2.29. The van der Waals surface area contributed by atoms with Crippen LogP contribution in [0.5, 0.6) is 0 Å². The van der Waals surface area contributed by atoms with E-state index in [0.29, 0.717) is 0 Å².